The van der Waals surface area contributed by atoms with E-state index in [0.717, 1.165) is 24.1 Å². The average molecular weight is 391 g/mol. The fourth-order valence-electron chi connectivity index (χ4n) is 2.21. The number of ether oxygens (including phenoxy) is 2. The summed E-state index contributed by atoms with van der Waals surface area (Å²) in [6, 6.07) is 9.33. The third-order valence-corrected chi connectivity index (χ3v) is 5.17. The van der Waals surface area contributed by atoms with Crippen LogP contribution in [-0.4, -0.2) is 27.9 Å². The van der Waals surface area contributed by atoms with Crippen molar-refractivity contribution in [3.63, 3.8) is 0 Å². The molecule has 0 fully saturated rings. The molecule has 0 amide bonds. The van der Waals surface area contributed by atoms with Gasteiger partial charge in [0.05, 0.1) is 12.3 Å². The topological polar surface area (TPSA) is 61.3 Å². The molecule has 1 aromatic carbocycles. The van der Waals surface area contributed by atoms with Gasteiger partial charge in [-0.25, -0.2) is 4.98 Å². The van der Waals surface area contributed by atoms with Gasteiger partial charge in [0.1, 0.15) is 11.1 Å². The smallest absolute Gasteiger partial charge is 0.329 e. The number of hydrogen-bond acceptors (Lipinski definition) is 5. The summed E-state index contributed by atoms with van der Waals surface area (Å²) in [6.07, 6.45) is 3.53. The molecule has 6 heteroatoms. The van der Waals surface area contributed by atoms with E-state index in [9.17, 15) is 4.79 Å². The van der Waals surface area contributed by atoms with Gasteiger partial charge < -0.3 is 9.47 Å². The Hall–Kier alpha value is -2.14. The first-order chi connectivity index (χ1) is 12.9. The highest BCUT2D eigenvalue weighted by Gasteiger charge is 2.23. The van der Waals surface area contributed by atoms with Crippen molar-refractivity contribution in [3.05, 3.63) is 36.5 Å². The van der Waals surface area contributed by atoms with Gasteiger partial charge in [0.25, 0.3) is 0 Å². The van der Waals surface area contributed by atoms with Gasteiger partial charge in [-0.2, -0.15) is 4.98 Å². The van der Waals surface area contributed by atoms with Crippen molar-refractivity contribution in [1.29, 1.82) is 0 Å². The molecule has 0 aliphatic rings. The van der Waals surface area contributed by atoms with E-state index < -0.39 is 11.3 Å². The SMILES string of the molecule is CCC(C)[C@H](Cl)C(=O)Oc1ccc(-c2ccnc(OC[C@@H](C)CC)n2)cc1. The zero-order valence-electron chi connectivity index (χ0n) is 16.3. The van der Waals surface area contributed by atoms with Crippen molar-refractivity contribution >= 4 is 17.6 Å². The van der Waals surface area contributed by atoms with Crippen LogP contribution in [0.15, 0.2) is 36.5 Å². The number of rotatable bonds is 9. The molecule has 1 aromatic heterocycles. The third-order valence-electron chi connectivity index (χ3n) is 4.56. The normalized spacial score (nSPS) is 14.3. The Morgan fingerprint density at radius 2 is 1.81 bits per heavy atom. The molecule has 27 heavy (non-hydrogen) atoms. The molecule has 0 bridgehead atoms. The molecule has 0 saturated carbocycles. The summed E-state index contributed by atoms with van der Waals surface area (Å²) in [6.45, 7) is 8.75. The maximum atomic E-state index is 12.1. The monoisotopic (exact) mass is 390 g/mol. The number of nitrogens with zero attached hydrogens (tertiary/aromatic N) is 2. The van der Waals surface area contributed by atoms with Gasteiger partial charge in [-0.1, -0.05) is 40.5 Å². The zero-order valence-corrected chi connectivity index (χ0v) is 17.1. The van der Waals surface area contributed by atoms with Gasteiger partial charge in [-0.3, -0.25) is 4.79 Å². The summed E-state index contributed by atoms with van der Waals surface area (Å²) in [5, 5.41) is -0.651. The van der Waals surface area contributed by atoms with Crippen LogP contribution in [0.4, 0.5) is 0 Å². The number of benzene rings is 1. The second-order valence-electron chi connectivity index (χ2n) is 6.78. The fraction of sp³-hybridized carbons (Fsp3) is 0.476. The minimum atomic E-state index is -0.651. The van der Waals surface area contributed by atoms with Crippen LogP contribution in [0.1, 0.15) is 40.5 Å². The molecule has 3 atom stereocenters. The second-order valence-corrected chi connectivity index (χ2v) is 7.25. The van der Waals surface area contributed by atoms with Crippen LogP contribution >= 0.6 is 11.6 Å². The second kappa shape index (κ2) is 10.3. The minimum Gasteiger partial charge on any atom is -0.463 e. The summed E-state index contributed by atoms with van der Waals surface area (Å²) in [7, 11) is 0. The zero-order chi connectivity index (χ0) is 19.8. The summed E-state index contributed by atoms with van der Waals surface area (Å²) in [4.78, 5) is 20.7. The summed E-state index contributed by atoms with van der Waals surface area (Å²) in [5.41, 5.74) is 1.63. The van der Waals surface area contributed by atoms with Gasteiger partial charge in [0.15, 0.2) is 0 Å². The highest BCUT2D eigenvalue weighted by Crippen LogP contribution is 2.23. The van der Waals surface area contributed by atoms with Crippen molar-refractivity contribution in [2.45, 2.75) is 45.9 Å². The first kappa shape index (κ1) is 21.2. The molecule has 1 unspecified atom stereocenters. The lowest BCUT2D eigenvalue weighted by Crippen LogP contribution is -2.26. The number of halogens is 1. The van der Waals surface area contributed by atoms with Gasteiger partial charge in [0.2, 0.25) is 0 Å². The quantitative estimate of drug-likeness (QED) is 0.337. The van der Waals surface area contributed by atoms with Crippen LogP contribution in [0.5, 0.6) is 11.8 Å². The molecule has 0 N–H and O–H groups in total. The van der Waals surface area contributed by atoms with E-state index in [1.165, 1.54) is 0 Å². The van der Waals surface area contributed by atoms with E-state index in [1.54, 1.807) is 18.3 Å². The summed E-state index contributed by atoms with van der Waals surface area (Å²) in [5.74, 6) is 0.544. The Kier molecular flexibility index (Phi) is 8.04. The predicted octanol–water partition coefficient (Wildman–Crippen LogP) is 5.13. The highest BCUT2D eigenvalue weighted by molar-refractivity contribution is 6.30. The molecule has 0 saturated heterocycles. The largest absolute Gasteiger partial charge is 0.463 e. The number of hydrogen-bond donors (Lipinski definition) is 0. The van der Waals surface area contributed by atoms with Crippen molar-refractivity contribution < 1.29 is 14.3 Å². The van der Waals surface area contributed by atoms with Gasteiger partial charge in [-0.05, 0) is 42.2 Å². The number of alkyl halides is 1. The molecule has 146 valence electrons. The molecule has 2 aromatic rings. The molecule has 0 spiro atoms. The van der Waals surface area contributed by atoms with E-state index in [1.807, 2.05) is 32.0 Å². The van der Waals surface area contributed by atoms with Gasteiger partial charge in [-0.15, -0.1) is 11.6 Å². The lowest BCUT2D eigenvalue weighted by atomic mass is 10.1. The van der Waals surface area contributed by atoms with E-state index in [4.69, 9.17) is 21.1 Å². The predicted molar refractivity (Wildman–Crippen MR) is 107 cm³/mol. The van der Waals surface area contributed by atoms with Crippen molar-refractivity contribution in [2.75, 3.05) is 6.61 Å². The minimum absolute atomic E-state index is 0.0632. The number of esters is 1. The molecular formula is C21H27ClN2O3. The lowest BCUT2D eigenvalue weighted by Gasteiger charge is -2.15. The van der Waals surface area contributed by atoms with E-state index in [0.29, 0.717) is 24.3 Å². The van der Waals surface area contributed by atoms with Crippen LogP contribution in [0.2, 0.25) is 0 Å². The Balaban J connectivity index is 2.03. The van der Waals surface area contributed by atoms with Crippen LogP contribution in [0, 0.1) is 11.8 Å². The molecular weight excluding hydrogens is 364 g/mol. The summed E-state index contributed by atoms with van der Waals surface area (Å²) >= 11 is 6.13. The van der Waals surface area contributed by atoms with Gasteiger partial charge in [0, 0.05) is 11.8 Å². The number of aromatic nitrogens is 2. The number of carbonyl (C=O) groups is 1. The fourth-order valence-corrected chi connectivity index (χ4v) is 2.43. The van der Waals surface area contributed by atoms with Crippen molar-refractivity contribution in [3.8, 4) is 23.0 Å². The molecule has 0 radical (unpaired) electrons. The standard InChI is InChI=1S/C21H27ClN2O3/c1-5-14(3)13-26-21-23-12-11-18(24-21)16-7-9-17(10-8-16)27-20(25)19(22)15(4)6-2/h7-12,14-15,19H,5-6,13H2,1-4H3/t14-,15?,19-/m0/s1. The Morgan fingerprint density at radius 1 is 1.11 bits per heavy atom. The summed E-state index contributed by atoms with van der Waals surface area (Å²) < 4.78 is 11.0. The maximum absolute atomic E-state index is 12.1. The van der Waals surface area contributed by atoms with Gasteiger partial charge >= 0.3 is 12.0 Å². The molecule has 0 aliphatic carbocycles. The number of carbonyl (C=O) groups excluding carboxylic acids is 1. The Morgan fingerprint density at radius 3 is 2.44 bits per heavy atom. The van der Waals surface area contributed by atoms with Crippen LogP contribution in [0.25, 0.3) is 11.3 Å². The highest BCUT2D eigenvalue weighted by atomic mass is 35.5. The van der Waals surface area contributed by atoms with E-state index in [-0.39, 0.29) is 5.92 Å². The van der Waals surface area contributed by atoms with Crippen molar-refractivity contribution in [2.24, 2.45) is 11.8 Å². The van der Waals surface area contributed by atoms with Crippen LogP contribution in [-0.2, 0) is 4.79 Å². The third kappa shape index (κ3) is 6.21. The molecule has 0 aliphatic heterocycles. The molecule has 2 rings (SSSR count). The van der Waals surface area contributed by atoms with E-state index >= 15 is 0 Å². The van der Waals surface area contributed by atoms with Crippen LogP contribution < -0.4 is 9.47 Å². The van der Waals surface area contributed by atoms with E-state index in [2.05, 4.69) is 23.8 Å². The Labute approximate surface area is 166 Å². The lowest BCUT2D eigenvalue weighted by molar-refractivity contribution is -0.134. The Bertz CT molecular complexity index is 736. The molecule has 5 nitrogen and oxygen atoms in total. The van der Waals surface area contributed by atoms with Crippen LogP contribution in [0.3, 0.4) is 0 Å². The maximum Gasteiger partial charge on any atom is 0.329 e. The molecule has 1 heterocycles. The first-order valence-electron chi connectivity index (χ1n) is 9.36. The van der Waals surface area contributed by atoms with Crippen molar-refractivity contribution in [1.82, 2.24) is 9.97 Å². The average Bonchev–Trinajstić information content (AvgIpc) is 2.71. The first-order valence-corrected chi connectivity index (χ1v) is 9.80.